The van der Waals surface area contributed by atoms with E-state index in [9.17, 15) is 17.6 Å². The van der Waals surface area contributed by atoms with Gasteiger partial charge >= 0.3 is 6.18 Å². The molecule has 0 bridgehead atoms. The molecule has 0 radical (unpaired) electrons. The number of hydrogen-bond donors (Lipinski definition) is 0. The van der Waals surface area contributed by atoms with Gasteiger partial charge in [0.05, 0.1) is 5.56 Å². The van der Waals surface area contributed by atoms with Crippen LogP contribution in [0.25, 0.3) is 0 Å². The second kappa shape index (κ2) is 5.49. The topological polar surface area (TPSA) is 0 Å². The van der Waals surface area contributed by atoms with Crippen molar-refractivity contribution in [1.29, 1.82) is 0 Å². The zero-order valence-corrected chi connectivity index (χ0v) is 10.1. The van der Waals surface area contributed by atoms with Crippen LogP contribution in [0.1, 0.15) is 25.0 Å². The minimum atomic E-state index is -4.51. The first-order valence-electron chi connectivity index (χ1n) is 4.35. The fourth-order valence-corrected chi connectivity index (χ4v) is 1.37. The maximum Gasteiger partial charge on any atom is 0.416 e. The Morgan fingerprint density at radius 3 is 2.00 bits per heavy atom. The van der Waals surface area contributed by atoms with Crippen molar-refractivity contribution in [3.63, 3.8) is 0 Å². The quantitative estimate of drug-likeness (QED) is 0.593. The van der Waals surface area contributed by atoms with Crippen molar-refractivity contribution < 1.29 is 17.6 Å². The van der Waals surface area contributed by atoms with Crippen LogP contribution in [0.3, 0.4) is 0 Å². The molecule has 0 N–H and O–H groups in total. The molecule has 0 saturated heterocycles. The lowest BCUT2D eigenvalue weighted by Crippen LogP contribution is -2.08. The van der Waals surface area contributed by atoms with E-state index in [1.807, 2.05) is 13.8 Å². The Morgan fingerprint density at radius 2 is 1.60 bits per heavy atom. The summed E-state index contributed by atoms with van der Waals surface area (Å²) >= 11 is 2.85. The average Bonchev–Trinajstić information content (AvgIpc) is 2.13. The van der Waals surface area contributed by atoms with Gasteiger partial charge < -0.3 is 0 Å². The molecule has 0 aliphatic carbocycles. The molecular formula is C10H11BrF4. The minimum absolute atomic E-state index is 0.00565. The first-order chi connectivity index (χ1) is 6.82. The molecule has 1 rings (SSSR count). The molecule has 0 unspecified atom stereocenters. The summed E-state index contributed by atoms with van der Waals surface area (Å²) in [4.78, 5) is 0. The van der Waals surface area contributed by atoms with Crippen LogP contribution in [-0.2, 0) is 6.18 Å². The van der Waals surface area contributed by atoms with Gasteiger partial charge in [-0.1, -0.05) is 29.8 Å². The molecule has 0 saturated carbocycles. The zero-order chi connectivity index (χ0) is 12.2. The monoisotopic (exact) mass is 286 g/mol. The van der Waals surface area contributed by atoms with Crippen LogP contribution in [0.15, 0.2) is 16.6 Å². The summed E-state index contributed by atoms with van der Waals surface area (Å²) in [5.41, 5.74) is -0.951. The normalized spacial score (nSPS) is 10.7. The molecule has 0 spiro atoms. The Kier molecular flexibility index (Phi) is 5.28. The summed E-state index contributed by atoms with van der Waals surface area (Å²) in [6.45, 7) is 5.28. The highest BCUT2D eigenvalue weighted by atomic mass is 79.9. The van der Waals surface area contributed by atoms with Gasteiger partial charge in [0, 0.05) is 4.47 Å². The summed E-state index contributed by atoms with van der Waals surface area (Å²) in [6, 6.07) is 1.49. The number of alkyl halides is 3. The minimum Gasteiger partial charge on any atom is -0.207 e. The third kappa shape index (κ3) is 3.81. The standard InChI is InChI=1S/C8H5BrF4.C2H6/c1-4-6(8(11,12)13)2-5(10)3-7(4)9;1-2/h2-3H,1H3;1-2H3. The van der Waals surface area contributed by atoms with Gasteiger partial charge in [-0.3, -0.25) is 0 Å². The van der Waals surface area contributed by atoms with E-state index in [1.165, 1.54) is 6.92 Å². The van der Waals surface area contributed by atoms with E-state index in [1.54, 1.807) is 0 Å². The fourth-order valence-electron chi connectivity index (χ4n) is 0.940. The highest BCUT2D eigenvalue weighted by Crippen LogP contribution is 2.35. The van der Waals surface area contributed by atoms with Crippen LogP contribution in [0.5, 0.6) is 0 Å². The molecule has 0 amide bonds. The van der Waals surface area contributed by atoms with Crippen molar-refractivity contribution in [3.8, 4) is 0 Å². The van der Waals surface area contributed by atoms with E-state index in [2.05, 4.69) is 15.9 Å². The van der Waals surface area contributed by atoms with E-state index in [0.717, 1.165) is 6.07 Å². The third-order valence-electron chi connectivity index (χ3n) is 1.61. The van der Waals surface area contributed by atoms with Gasteiger partial charge in [0.2, 0.25) is 0 Å². The summed E-state index contributed by atoms with van der Waals surface area (Å²) in [7, 11) is 0. The second-order valence-electron chi connectivity index (χ2n) is 2.56. The highest BCUT2D eigenvalue weighted by Gasteiger charge is 2.33. The Hall–Kier alpha value is -0.580. The van der Waals surface area contributed by atoms with E-state index in [4.69, 9.17) is 0 Å². The predicted molar refractivity (Wildman–Crippen MR) is 55.2 cm³/mol. The molecule has 0 aliphatic rings. The molecule has 0 fully saturated rings. The maximum absolute atomic E-state index is 12.6. The molecule has 86 valence electrons. The molecule has 1 aromatic rings. The summed E-state index contributed by atoms with van der Waals surface area (Å²) in [5.74, 6) is -0.898. The molecule has 0 heterocycles. The number of hydrogen-bond acceptors (Lipinski definition) is 0. The zero-order valence-electron chi connectivity index (χ0n) is 8.54. The number of rotatable bonds is 0. The highest BCUT2D eigenvalue weighted by molar-refractivity contribution is 9.10. The van der Waals surface area contributed by atoms with E-state index < -0.39 is 17.6 Å². The lowest BCUT2D eigenvalue weighted by molar-refractivity contribution is -0.138. The Morgan fingerprint density at radius 1 is 1.13 bits per heavy atom. The van der Waals surface area contributed by atoms with Crippen molar-refractivity contribution >= 4 is 15.9 Å². The van der Waals surface area contributed by atoms with Gasteiger partial charge in [-0.2, -0.15) is 13.2 Å². The van der Waals surface area contributed by atoms with E-state index >= 15 is 0 Å². The van der Waals surface area contributed by atoms with Gasteiger partial charge in [-0.25, -0.2) is 4.39 Å². The predicted octanol–water partition coefficient (Wildman–Crippen LogP) is 4.94. The molecule has 0 aliphatic heterocycles. The Bertz CT molecular complexity index is 331. The third-order valence-corrected chi connectivity index (χ3v) is 2.44. The Balaban J connectivity index is 0.000000921. The van der Waals surface area contributed by atoms with Crippen LogP contribution in [0.2, 0.25) is 0 Å². The van der Waals surface area contributed by atoms with Gasteiger partial charge in [0.1, 0.15) is 5.82 Å². The Labute approximate surface area is 94.4 Å². The van der Waals surface area contributed by atoms with Crippen LogP contribution in [-0.4, -0.2) is 0 Å². The van der Waals surface area contributed by atoms with Crippen LogP contribution >= 0.6 is 15.9 Å². The molecule has 15 heavy (non-hydrogen) atoms. The van der Waals surface area contributed by atoms with Gasteiger partial charge in [-0.15, -0.1) is 0 Å². The van der Waals surface area contributed by atoms with Crippen molar-refractivity contribution in [2.24, 2.45) is 0 Å². The van der Waals surface area contributed by atoms with E-state index in [-0.39, 0.29) is 10.0 Å². The lowest BCUT2D eigenvalue weighted by Gasteiger charge is -2.11. The summed E-state index contributed by atoms with van der Waals surface area (Å²) in [5, 5.41) is 0. The molecule has 5 heteroatoms. The van der Waals surface area contributed by atoms with Crippen molar-refractivity contribution in [2.75, 3.05) is 0 Å². The van der Waals surface area contributed by atoms with Crippen LogP contribution < -0.4 is 0 Å². The van der Waals surface area contributed by atoms with Crippen molar-refractivity contribution in [2.45, 2.75) is 26.9 Å². The first kappa shape index (κ1) is 14.4. The number of halogens is 5. The largest absolute Gasteiger partial charge is 0.416 e. The number of benzene rings is 1. The molecule has 0 atom stereocenters. The SMILES string of the molecule is CC.Cc1c(Br)cc(F)cc1C(F)(F)F. The van der Waals surface area contributed by atoms with E-state index in [0.29, 0.717) is 6.07 Å². The molecule has 1 aromatic carbocycles. The van der Waals surface area contributed by atoms with Gasteiger partial charge in [-0.05, 0) is 24.6 Å². The van der Waals surface area contributed by atoms with Crippen molar-refractivity contribution in [3.05, 3.63) is 33.5 Å². The lowest BCUT2D eigenvalue weighted by atomic mass is 10.1. The molecular weight excluding hydrogens is 276 g/mol. The van der Waals surface area contributed by atoms with Crippen LogP contribution in [0, 0.1) is 12.7 Å². The summed E-state index contributed by atoms with van der Waals surface area (Å²) < 4.78 is 49.4. The molecule has 0 nitrogen and oxygen atoms in total. The van der Waals surface area contributed by atoms with Crippen LogP contribution in [0.4, 0.5) is 17.6 Å². The fraction of sp³-hybridized carbons (Fsp3) is 0.400. The maximum atomic E-state index is 12.6. The average molecular weight is 287 g/mol. The van der Waals surface area contributed by atoms with Crippen molar-refractivity contribution in [1.82, 2.24) is 0 Å². The second-order valence-corrected chi connectivity index (χ2v) is 3.41. The van der Waals surface area contributed by atoms with Gasteiger partial charge in [0.25, 0.3) is 0 Å². The van der Waals surface area contributed by atoms with Gasteiger partial charge in [0.15, 0.2) is 0 Å². The first-order valence-corrected chi connectivity index (χ1v) is 5.14. The smallest absolute Gasteiger partial charge is 0.207 e. The molecule has 0 aromatic heterocycles. The summed E-state index contributed by atoms with van der Waals surface area (Å²) in [6.07, 6.45) is -4.51.